The van der Waals surface area contributed by atoms with Gasteiger partial charge in [-0.15, -0.1) is 24.0 Å². The molecule has 2 heterocycles. The van der Waals surface area contributed by atoms with Crippen molar-refractivity contribution in [2.75, 3.05) is 33.2 Å². The Morgan fingerprint density at radius 3 is 2.73 bits per heavy atom. The zero-order valence-corrected chi connectivity index (χ0v) is 16.8. The van der Waals surface area contributed by atoms with Crippen molar-refractivity contribution in [2.45, 2.75) is 32.7 Å². The summed E-state index contributed by atoms with van der Waals surface area (Å²) < 4.78 is 0. The Kier molecular flexibility index (Phi) is 10.1. The highest BCUT2D eigenvalue weighted by Crippen LogP contribution is 2.16. The van der Waals surface area contributed by atoms with E-state index in [0.29, 0.717) is 0 Å². The molecule has 0 aliphatic carbocycles. The zero-order valence-electron chi connectivity index (χ0n) is 13.7. The van der Waals surface area contributed by atoms with Crippen LogP contribution in [0.1, 0.15) is 31.7 Å². The first-order valence-corrected chi connectivity index (χ1v) is 8.94. The van der Waals surface area contributed by atoms with E-state index in [1.165, 1.54) is 44.5 Å². The molecular weight excluding hydrogens is 407 g/mol. The van der Waals surface area contributed by atoms with Gasteiger partial charge in [0.25, 0.3) is 0 Å². The third kappa shape index (κ3) is 6.83. The topological polar surface area (TPSA) is 39.7 Å². The van der Waals surface area contributed by atoms with Gasteiger partial charge < -0.3 is 15.5 Å². The molecule has 0 amide bonds. The molecule has 1 saturated heterocycles. The molecule has 1 aliphatic rings. The van der Waals surface area contributed by atoms with Crippen molar-refractivity contribution in [3.63, 3.8) is 0 Å². The van der Waals surface area contributed by atoms with E-state index in [4.69, 9.17) is 0 Å². The fourth-order valence-corrected chi connectivity index (χ4v) is 3.44. The van der Waals surface area contributed by atoms with Crippen molar-refractivity contribution in [2.24, 2.45) is 10.9 Å². The maximum absolute atomic E-state index is 4.30. The van der Waals surface area contributed by atoms with Gasteiger partial charge in [-0.3, -0.25) is 4.99 Å². The van der Waals surface area contributed by atoms with Gasteiger partial charge in [0.2, 0.25) is 0 Å². The molecule has 0 radical (unpaired) electrons. The number of nitrogens with zero attached hydrogens (tertiary/aromatic N) is 2. The van der Waals surface area contributed by atoms with Gasteiger partial charge in [0.15, 0.2) is 5.96 Å². The van der Waals surface area contributed by atoms with Crippen molar-refractivity contribution in [3.05, 3.63) is 22.4 Å². The largest absolute Gasteiger partial charge is 0.356 e. The van der Waals surface area contributed by atoms with Crippen LogP contribution in [-0.2, 0) is 6.54 Å². The Bertz CT molecular complexity index is 414. The number of rotatable bonds is 6. The van der Waals surface area contributed by atoms with Crippen molar-refractivity contribution in [1.29, 1.82) is 0 Å². The van der Waals surface area contributed by atoms with Crippen LogP contribution in [0.2, 0.25) is 0 Å². The summed E-state index contributed by atoms with van der Waals surface area (Å²) >= 11 is 1.73. The Labute approximate surface area is 155 Å². The highest BCUT2D eigenvalue weighted by Gasteiger charge is 2.18. The first kappa shape index (κ1) is 19.7. The van der Waals surface area contributed by atoms with E-state index in [0.717, 1.165) is 25.0 Å². The van der Waals surface area contributed by atoms with Crippen LogP contribution in [0.3, 0.4) is 0 Å². The second kappa shape index (κ2) is 11.2. The molecule has 2 rings (SSSR count). The number of thiophene rings is 1. The van der Waals surface area contributed by atoms with E-state index < -0.39 is 0 Å². The van der Waals surface area contributed by atoms with Gasteiger partial charge in [-0.25, -0.2) is 0 Å². The molecule has 0 saturated carbocycles. The summed E-state index contributed by atoms with van der Waals surface area (Å²) in [5.74, 6) is 1.69. The minimum absolute atomic E-state index is 0. The Hall–Kier alpha value is -0.340. The fourth-order valence-electron chi connectivity index (χ4n) is 2.77. The monoisotopic (exact) mass is 436 g/mol. The van der Waals surface area contributed by atoms with Crippen LogP contribution >= 0.6 is 35.3 Å². The van der Waals surface area contributed by atoms with E-state index in [2.05, 4.69) is 44.3 Å². The molecule has 2 N–H and O–H groups in total. The molecule has 1 aromatic heterocycles. The van der Waals surface area contributed by atoms with Crippen LogP contribution in [0.5, 0.6) is 0 Å². The molecule has 0 atom stereocenters. The van der Waals surface area contributed by atoms with Gasteiger partial charge in [0.1, 0.15) is 0 Å². The van der Waals surface area contributed by atoms with Gasteiger partial charge in [-0.05, 0) is 67.2 Å². The first-order chi connectivity index (χ1) is 10.3. The Morgan fingerprint density at radius 2 is 2.14 bits per heavy atom. The number of guanidine groups is 1. The van der Waals surface area contributed by atoms with Gasteiger partial charge >= 0.3 is 0 Å². The molecule has 0 aromatic carbocycles. The highest BCUT2D eigenvalue weighted by molar-refractivity contribution is 14.0. The standard InChI is InChI=1S/C16H28N4S.HI/c1-3-7-20-8-4-14(5-9-20)11-18-16(17-2)19-12-15-6-10-21-13-15;/h6,10,13-14H,3-5,7-9,11-12H2,1-2H3,(H2,17,18,19);1H. The highest BCUT2D eigenvalue weighted by atomic mass is 127. The van der Waals surface area contributed by atoms with E-state index in [-0.39, 0.29) is 24.0 Å². The number of hydrogen-bond acceptors (Lipinski definition) is 3. The van der Waals surface area contributed by atoms with Crippen LogP contribution in [0.15, 0.2) is 21.8 Å². The molecule has 6 heteroatoms. The van der Waals surface area contributed by atoms with Gasteiger partial charge in [-0.2, -0.15) is 11.3 Å². The number of halogens is 1. The summed E-state index contributed by atoms with van der Waals surface area (Å²) in [6.45, 7) is 7.89. The average Bonchev–Trinajstić information content (AvgIpc) is 3.03. The van der Waals surface area contributed by atoms with Crippen LogP contribution in [0.4, 0.5) is 0 Å². The second-order valence-electron chi connectivity index (χ2n) is 5.72. The molecular formula is C16H29IN4S. The third-order valence-corrected chi connectivity index (χ3v) is 4.80. The Balaban J connectivity index is 0.00000242. The normalized spacial score (nSPS) is 17.1. The maximum Gasteiger partial charge on any atom is 0.191 e. The van der Waals surface area contributed by atoms with Crippen LogP contribution in [-0.4, -0.2) is 44.1 Å². The zero-order chi connectivity index (χ0) is 14.9. The van der Waals surface area contributed by atoms with Crippen molar-refractivity contribution in [1.82, 2.24) is 15.5 Å². The summed E-state index contributed by atoms with van der Waals surface area (Å²) in [5.41, 5.74) is 1.32. The Morgan fingerprint density at radius 1 is 1.36 bits per heavy atom. The SMILES string of the molecule is CCCN1CCC(CNC(=NC)NCc2ccsc2)CC1.I. The minimum Gasteiger partial charge on any atom is -0.356 e. The summed E-state index contributed by atoms with van der Waals surface area (Å²) in [4.78, 5) is 6.89. The summed E-state index contributed by atoms with van der Waals surface area (Å²) in [7, 11) is 1.84. The van der Waals surface area contributed by atoms with Gasteiger partial charge in [0, 0.05) is 20.1 Å². The average molecular weight is 436 g/mol. The van der Waals surface area contributed by atoms with E-state index >= 15 is 0 Å². The number of piperidine rings is 1. The maximum atomic E-state index is 4.30. The lowest BCUT2D eigenvalue weighted by Crippen LogP contribution is -2.42. The fraction of sp³-hybridized carbons (Fsp3) is 0.688. The van der Waals surface area contributed by atoms with Crippen LogP contribution < -0.4 is 10.6 Å². The molecule has 126 valence electrons. The lowest BCUT2D eigenvalue weighted by molar-refractivity contribution is 0.185. The molecule has 1 aromatic rings. The number of nitrogens with one attached hydrogen (secondary N) is 2. The molecule has 4 nitrogen and oxygen atoms in total. The van der Waals surface area contributed by atoms with Crippen molar-refractivity contribution < 1.29 is 0 Å². The van der Waals surface area contributed by atoms with Gasteiger partial charge in [-0.1, -0.05) is 6.92 Å². The quantitative estimate of drug-likeness (QED) is 0.409. The lowest BCUT2D eigenvalue weighted by Gasteiger charge is -2.32. The first-order valence-electron chi connectivity index (χ1n) is 7.99. The van der Waals surface area contributed by atoms with E-state index in [9.17, 15) is 0 Å². The third-order valence-electron chi connectivity index (χ3n) is 4.07. The molecule has 22 heavy (non-hydrogen) atoms. The smallest absolute Gasteiger partial charge is 0.191 e. The molecule has 1 fully saturated rings. The van der Waals surface area contributed by atoms with Gasteiger partial charge in [0.05, 0.1) is 0 Å². The number of hydrogen-bond donors (Lipinski definition) is 2. The van der Waals surface area contributed by atoms with Crippen molar-refractivity contribution in [3.8, 4) is 0 Å². The van der Waals surface area contributed by atoms with E-state index in [1.807, 2.05) is 7.05 Å². The summed E-state index contributed by atoms with van der Waals surface area (Å²) in [5, 5.41) is 11.1. The second-order valence-corrected chi connectivity index (χ2v) is 6.50. The summed E-state index contributed by atoms with van der Waals surface area (Å²) in [6.07, 6.45) is 3.87. The van der Waals surface area contributed by atoms with E-state index in [1.54, 1.807) is 11.3 Å². The van der Waals surface area contributed by atoms with Crippen LogP contribution in [0.25, 0.3) is 0 Å². The predicted octanol–water partition coefficient (Wildman–Crippen LogP) is 3.15. The van der Waals surface area contributed by atoms with Crippen molar-refractivity contribution >= 4 is 41.3 Å². The number of aliphatic imine (C=N–C) groups is 1. The predicted molar refractivity (Wildman–Crippen MR) is 107 cm³/mol. The molecule has 0 spiro atoms. The summed E-state index contributed by atoms with van der Waals surface area (Å²) in [6, 6.07) is 2.15. The molecule has 1 aliphatic heterocycles. The molecule has 0 bridgehead atoms. The van der Waals surface area contributed by atoms with Crippen LogP contribution in [0, 0.1) is 5.92 Å². The number of likely N-dealkylation sites (tertiary alicyclic amines) is 1. The lowest BCUT2D eigenvalue weighted by atomic mass is 9.97. The molecule has 0 unspecified atom stereocenters. The minimum atomic E-state index is 0.